The van der Waals surface area contributed by atoms with Crippen LogP contribution in [0, 0.1) is 13.8 Å². The van der Waals surface area contributed by atoms with E-state index in [-0.39, 0.29) is 0 Å². The molecule has 14 heavy (non-hydrogen) atoms. The van der Waals surface area contributed by atoms with Crippen molar-refractivity contribution in [2.24, 2.45) is 11.5 Å². The molecule has 0 radical (unpaired) electrons. The zero-order valence-corrected chi connectivity index (χ0v) is 8.58. The van der Waals surface area contributed by atoms with E-state index in [0.29, 0.717) is 6.42 Å². The minimum Gasteiger partial charge on any atom is -0.368 e. The predicted octanol–water partition coefficient (Wildman–Crippen LogP) is 0.659. The van der Waals surface area contributed by atoms with Gasteiger partial charge in [0.2, 0.25) is 5.91 Å². The topological polar surface area (TPSA) is 69.1 Å². The Bertz CT molecular complexity index is 347. The number of hydrogen-bond donors (Lipinski definition) is 2. The summed E-state index contributed by atoms with van der Waals surface area (Å²) in [7, 11) is 0. The standard InChI is InChI=1S/C11H16N2O/c1-7-4-3-5-9(8(7)2)6-10(12)11(13)14/h3-5,10H,6,12H2,1-2H3,(H2,13,14). The number of nitrogens with two attached hydrogens (primary N) is 2. The Morgan fingerprint density at radius 3 is 2.64 bits per heavy atom. The molecule has 4 N–H and O–H groups in total. The fraction of sp³-hybridized carbons (Fsp3) is 0.364. The van der Waals surface area contributed by atoms with E-state index in [0.717, 1.165) is 5.56 Å². The first-order valence-corrected chi connectivity index (χ1v) is 4.62. The van der Waals surface area contributed by atoms with Crippen LogP contribution >= 0.6 is 0 Å². The van der Waals surface area contributed by atoms with E-state index in [1.54, 1.807) is 0 Å². The number of primary amides is 1. The summed E-state index contributed by atoms with van der Waals surface area (Å²) in [6, 6.07) is 5.39. The van der Waals surface area contributed by atoms with Crippen LogP contribution in [-0.2, 0) is 11.2 Å². The molecule has 0 aromatic heterocycles. The number of carbonyl (C=O) groups is 1. The van der Waals surface area contributed by atoms with Gasteiger partial charge in [-0.2, -0.15) is 0 Å². The van der Waals surface area contributed by atoms with Crippen LogP contribution in [-0.4, -0.2) is 11.9 Å². The molecule has 1 aromatic rings. The Morgan fingerprint density at radius 1 is 1.43 bits per heavy atom. The van der Waals surface area contributed by atoms with Gasteiger partial charge in [0.05, 0.1) is 6.04 Å². The highest BCUT2D eigenvalue weighted by atomic mass is 16.1. The van der Waals surface area contributed by atoms with Gasteiger partial charge in [0.25, 0.3) is 0 Å². The number of benzene rings is 1. The Hall–Kier alpha value is -1.35. The van der Waals surface area contributed by atoms with Crippen LogP contribution in [0.2, 0.25) is 0 Å². The van der Waals surface area contributed by atoms with Gasteiger partial charge in [0.1, 0.15) is 0 Å². The lowest BCUT2D eigenvalue weighted by molar-refractivity contribution is -0.119. The molecule has 0 bridgehead atoms. The molecule has 1 unspecified atom stereocenters. The maximum Gasteiger partial charge on any atom is 0.234 e. The van der Waals surface area contributed by atoms with Gasteiger partial charge in [-0.1, -0.05) is 18.2 Å². The van der Waals surface area contributed by atoms with Gasteiger partial charge in [-0.25, -0.2) is 0 Å². The molecule has 1 rings (SSSR count). The van der Waals surface area contributed by atoms with Crippen molar-refractivity contribution in [3.8, 4) is 0 Å². The van der Waals surface area contributed by atoms with E-state index < -0.39 is 11.9 Å². The third-order valence-electron chi connectivity index (χ3n) is 2.52. The van der Waals surface area contributed by atoms with E-state index in [4.69, 9.17) is 11.5 Å². The molecule has 0 aliphatic heterocycles. The average molecular weight is 192 g/mol. The molecular formula is C11H16N2O. The van der Waals surface area contributed by atoms with E-state index in [1.807, 2.05) is 32.0 Å². The van der Waals surface area contributed by atoms with Crippen LogP contribution < -0.4 is 11.5 Å². The second kappa shape index (κ2) is 4.24. The van der Waals surface area contributed by atoms with Crippen molar-refractivity contribution >= 4 is 5.91 Å². The fourth-order valence-electron chi connectivity index (χ4n) is 1.37. The SMILES string of the molecule is Cc1cccc(CC(N)C(N)=O)c1C. The second-order valence-corrected chi connectivity index (χ2v) is 3.57. The van der Waals surface area contributed by atoms with E-state index in [1.165, 1.54) is 11.1 Å². The van der Waals surface area contributed by atoms with Crippen molar-refractivity contribution in [1.29, 1.82) is 0 Å². The summed E-state index contributed by atoms with van der Waals surface area (Å²) >= 11 is 0. The van der Waals surface area contributed by atoms with Gasteiger partial charge in [0.15, 0.2) is 0 Å². The van der Waals surface area contributed by atoms with Gasteiger partial charge in [-0.05, 0) is 37.0 Å². The largest absolute Gasteiger partial charge is 0.368 e. The molecule has 76 valence electrons. The molecule has 0 saturated carbocycles. The monoisotopic (exact) mass is 192 g/mol. The zero-order chi connectivity index (χ0) is 10.7. The normalized spacial score (nSPS) is 12.5. The van der Waals surface area contributed by atoms with Crippen LogP contribution in [0.4, 0.5) is 0 Å². The highest BCUT2D eigenvalue weighted by molar-refractivity contribution is 5.79. The Kier molecular flexibility index (Phi) is 3.25. The van der Waals surface area contributed by atoms with Crippen LogP contribution in [0.1, 0.15) is 16.7 Å². The Morgan fingerprint density at radius 2 is 2.07 bits per heavy atom. The van der Waals surface area contributed by atoms with Crippen LogP contribution in [0.5, 0.6) is 0 Å². The first-order valence-electron chi connectivity index (χ1n) is 4.62. The molecule has 1 aromatic carbocycles. The molecule has 0 heterocycles. The molecule has 0 aliphatic rings. The molecular weight excluding hydrogens is 176 g/mol. The maximum atomic E-state index is 10.8. The molecule has 0 spiro atoms. The van der Waals surface area contributed by atoms with Gasteiger partial charge >= 0.3 is 0 Å². The number of carbonyl (C=O) groups excluding carboxylic acids is 1. The van der Waals surface area contributed by atoms with Gasteiger partial charge in [0, 0.05) is 0 Å². The fourth-order valence-corrected chi connectivity index (χ4v) is 1.37. The molecule has 1 atom stereocenters. The lowest BCUT2D eigenvalue weighted by Crippen LogP contribution is -2.38. The lowest BCUT2D eigenvalue weighted by atomic mass is 9.98. The first kappa shape index (κ1) is 10.7. The number of hydrogen-bond acceptors (Lipinski definition) is 2. The Balaban J connectivity index is 2.87. The van der Waals surface area contributed by atoms with Crippen LogP contribution in [0.15, 0.2) is 18.2 Å². The van der Waals surface area contributed by atoms with Crippen LogP contribution in [0.3, 0.4) is 0 Å². The van der Waals surface area contributed by atoms with Crippen molar-refractivity contribution < 1.29 is 4.79 Å². The summed E-state index contributed by atoms with van der Waals surface area (Å²) in [5.41, 5.74) is 14.2. The predicted molar refractivity (Wildman–Crippen MR) is 56.8 cm³/mol. The molecule has 3 nitrogen and oxygen atoms in total. The molecule has 0 fully saturated rings. The minimum atomic E-state index is -0.588. The van der Waals surface area contributed by atoms with Gasteiger partial charge < -0.3 is 11.5 Å². The minimum absolute atomic E-state index is 0.453. The van der Waals surface area contributed by atoms with Crippen molar-refractivity contribution in [1.82, 2.24) is 0 Å². The quantitative estimate of drug-likeness (QED) is 0.738. The summed E-state index contributed by atoms with van der Waals surface area (Å²) in [5, 5.41) is 0. The smallest absolute Gasteiger partial charge is 0.234 e. The van der Waals surface area contributed by atoms with E-state index >= 15 is 0 Å². The summed E-state index contributed by atoms with van der Waals surface area (Å²) in [5.74, 6) is -0.453. The van der Waals surface area contributed by atoms with E-state index in [2.05, 4.69) is 0 Å². The highest BCUT2D eigenvalue weighted by Crippen LogP contribution is 2.13. The molecule has 3 heteroatoms. The highest BCUT2D eigenvalue weighted by Gasteiger charge is 2.11. The van der Waals surface area contributed by atoms with Gasteiger partial charge in [-0.3, -0.25) is 4.79 Å². The lowest BCUT2D eigenvalue weighted by Gasteiger charge is -2.11. The summed E-state index contributed by atoms with van der Waals surface area (Å²) < 4.78 is 0. The first-order chi connectivity index (χ1) is 6.52. The molecule has 0 saturated heterocycles. The van der Waals surface area contributed by atoms with Crippen LogP contribution in [0.25, 0.3) is 0 Å². The zero-order valence-electron chi connectivity index (χ0n) is 8.58. The summed E-state index contributed by atoms with van der Waals surface area (Å²) in [4.78, 5) is 10.8. The maximum absolute atomic E-state index is 10.8. The third kappa shape index (κ3) is 2.33. The number of rotatable bonds is 3. The average Bonchev–Trinajstić information content (AvgIpc) is 2.12. The summed E-state index contributed by atoms with van der Waals surface area (Å²) in [6.45, 7) is 4.06. The molecule has 0 aliphatic carbocycles. The number of amides is 1. The van der Waals surface area contributed by atoms with Crippen molar-refractivity contribution in [3.63, 3.8) is 0 Å². The number of aryl methyl sites for hydroxylation is 1. The second-order valence-electron chi connectivity index (χ2n) is 3.57. The van der Waals surface area contributed by atoms with E-state index in [9.17, 15) is 4.79 Å². The summed E-state index contributed by atoms with van der Waals surface area (Å²) in [6.07, 6.45) is 0.517. The molecule has 1 amide bonds. The van der Waals surface area contributed by atoms with Crippen molar-refractivity contribution in [2.75, 3.05) is 0 Å². The third-order valence-corrected chi connectivity index (χ3v) is 2.52. The van der Waals surface area contributed by atoms with Crippen molar-refractivity contribution in [3.05, 3.63) is 34.9 Å². The van der Waals surface area contributed by atoms with Crippen molar-refractivity contribution in [2.45, 2.75) is 26.3 Å². The van der Waals surface area contributed by atoms with Gasteiger partial charge in [-0.15, -0.1) is 0 Å². The Labute approximate surface area is 84.1 Å².